The van der Waals surface area contributed by atoms with E-state index >= 15 is 0 Å². The molecule has 0 aliphatic rings. The van der Waals surface area contributed by atoms with Gasteiger partial charge in [-0.15, -0.1) is 0 Å². The van der Waals surface area contributed by atoms with Gasteiger partial charge in [-0.05, 0) is 29.8 Å². The topological polar surface area (TPSA) is 40.9 Å². The van der Waals surface area contributed by atoms with E-state index in [1.165, 1.54) is 24.3 Å². The largest absolute Gasteiger partial charge is 0.293 e. The average Bonchev–Trinajstić information content (AvgIpc) is 2.40. The highest BCUT2D eigenvalue weighted by Crippen LogP contribution is 2.26. The van der Waals surface area contributed by atoms with E-state index in [9.17, 15) is 13.6 Å². The monoisotopic (exact) mass is 327 g/mol. The summed E-state index contributed by atoms with van der Waals surface area (Å²) in [7, 11) is 0. The van der Waals surface area contributed by atoms with E-state index in [1.807, 2.05) is 0 Å². The minimum Gasteiger partial charge on any atom is -0.293 e. The maximum absolute atomic E-state index is 13.7. The zero-order valence-electron chi connectivity index (χ0n) is 10.5. The third-order valence-electron chi connectivity index (χ3n) is 2.92. The Morgan fingerprint density at radius 2 is 1.71 bits per heavy atom. The predicted molar refractivity (Wildman–Crippen MR) is 78.5 cm³/mol. The van der Waals surface area contributed by atoms with Crippen molar-refractivity contribution in [2.45, 2.75) is 5.92 Å². The Morgan fingerprint density at radius 3 is 2.24 bits per heavy atom. The van der Waals surface area contributed by atoms with Crippen molar-refractivity contribution in [2.75, 3.05) is 0 Å². The van der Waals surface area contributed by atoms with Crippen LogP contribution in [0, 0.1) is 17.0 Å². The lowest BCUT2D eigenvalue weighted by atomic mass is 9.91. The molecular formula is C15H9Cl2F2NO. The standard InChI is InChI=1S/C15H9Cl2F2NO/c16-9-3-1-8(2-4-9)13(15(17)20)14(21)11-6-5-10(18)7-12(11)19/h1-7,13,20H. The van der Waals surface area contributed by atoms with Gasteiger partial charge in [-0.2, -0.15) is 0 Å². The molecule has 0 saturated heterocycles. The molecule has 6 heteroatoms. The molecule has 21 heavy (non-hydrogen) atoms. The predicted octanol–water partition coefficient (Wildman–Crippen LogP) is 4.80. The fourth-order valence-corrected chi connectivity index (χ4v) is 2.26. The molecule has 0 heterocycles. The Kier molecular flexibility index (Phi) is 4.70. The molecule has 1 N–H and O–H groups in total. The van der Waals surface area contributed by atoms with Crippen LogP contribution in [0.15, 0.2) is 42.5 Å². The van der Waals surface area contributed by atoms with Crippen molar-refractivity contribution in [3.8, 4) is 0 Å². The second-order valence-corrected chi connectivity index (χ2v) is 5.16. The van der Waals surface area contributed by atoms with Crippen molar-refractivity contribution in [3.05, 3.63) is 70.2 Å². The van der Waals surface area contributed by atoms with Gasteiger partial charge in [0.05, 0.1) is 11.5 Å². The molecule has 0 radical (unpaired) electrons. The molecule has 0 aliphatic heterocycles. The van der Waals surface area contributed by atoms with Crippen LogP contribution in [-0.2, 0) is 0 Å². The molecule has 2 aromatic carbocycles. The molecule has 2 nitrogen and oxygen atoms in total. The van der Waals surface area contributed by atoms with Gasteiger partial charge in [-0.3, -0.25) is 10.2 Å². The molecule has 2 rings (SSSR count). The Labute approximate surface area is 129 Å². The average molecular weight is 328 g/mol. The smallest absolute Gasteiger partial charge is 0.180 e. The summed E-state index contributed by atoms with van der Waals surface area (Å²) in [5, 5.41) is 7.55. The van der Waals surface area contributed by atoms with Gasteiger partial charge < -0.3 is 0 Å². The number of halogens is 4. The molecule has 0 fully saturated rings. The van der Waals surface area contributed by atoms with Gasteiger partial charge in [-0.1, -0.05) is 35.3 Å². The number of Topliss-reactive ketones (excluding diaryl/α,β-unsaturated/α-hetero) is 1. The van der Waals surface area contributed by atoms with Crippen LogP contribution in [0.1, 0.15) is 21.8 Å². The van der Waals surface area contributed by atoms with Crippen LogP contribution in [0.5, 0.6) is 0 Å². The summed E-state index contributed by atoms with van der Waals surface area (Å²) in [4.78, 5) is 12.4. The van der Waals surface area contributed by atoms with E-state index in [4.69, 9.17) is 28.6 Å². The normalized spacial score (nSPS) is 12.0. The molecule has 1 atom stereocenters. The van der Waals surface area contributed by atoms with Crippen LogP contribution in [-0.4, -0.2) is 11.0 Å². The highest BCUT2D eigenvalue weighted by molar-refractivity contribution is 6.67. The van der Waals surface area contributed by atoms with Gasteiger partial charge in [0.25, 0.3) is 0 Å². The van der Waals surface area contributed by atoms with E-state index in [2.05, 4.69) is 0 Å². The number of ketones is 1. The first-order valence-electron chi connectivity index (χ1n) is 5.89. The number of nitrogens with one attached hydrogen (secondary N) is 1. The number of hydrogen-bond donors (Lipinski definition) is 1. The summed E-state index contributed by atoms with van der Waals surface area (Å²) in [5.41, 5.74) is 0.0925. The second kappa shape index (κ2) is 6.33. The Bertz CT molecular complexity index is 701. The lowest BCUT2D eigenvalue weighted by molar-refractivity contribution is 0.0979. The summed E-state index contributed by atoms with van der Waals surface area (Å²) < 4.78 is 26.6. The number of rotatable bonds is 4. The van der Waals surface area contributed by atoms with Crippen molar-refractivity contribution < 1.29 is 13.6 Å². The first-order chi connectivity index (χ1) is 9.90. The van der Waals surface area contributed by atoms with E-state index in [0.29, 0.717) is 16.7 Å². The van der Waals surface area contributed by atoms with Gasteiger partial charge in [0, 0.05) is 11.1 Å². The fraction of sp³-hybridized carbons (Fsp3) is 0.0667. The van der Waals surface area contributed by atoms with Crippen LogP contribution in [0.3, 0.4) is 0 Å². The quantitative estimate of drug-likeness (QED) is 0.636. The van der Waals surface area contributed by atoms with Crippen molar-refractivity contribution in [3.63, 3.8) is 0 Å². The van der Waals surface area contributed by atoms with Gasteiger partial charge in [0.2, 0.25) is 0 Å². The molecule has 0 spiro atoms. The minimum absolute atomic E-state index is 0.318. The van der Waals surface area contributed by atoms with Crippen molar-refractivity contribution in [1.82, 2.24) is 0 Å². The first-order valence-corrected chi connectivity index (χ1v) is 6.64. The van der Waals surface area contributed by atoms with E-state index < -0.39 is 28.5 Å². The molecule has 2 aromatic rings. The number of benzene rings is 2. The third kappa shape index (κ3) is 3.46. The SMILES string of the molecule is N=C(Cl)C(C(=O)c1ccc(F)cc1F)c1ccc(Cl)cc1. The molecule has 0 aromatic heterocycles. The number of hydrogen-bond acceptors (Lipinski definition) is 2. The highest BCUT2D eigenvalue weighted by Gasteiger charge is 2.27. The molecule has 0 saturated carbocycles. The Hall–Kier alpha value is -1.78. The van der Waals surface area contributed by atoms with E-state index in [0.717, 1.165) is 12.1 Å². The lowest BCUT2D eigenvalue weighted by Crippen LogP contribution is -2.19. The van der Waals surface area contributed by atoms with Crippen LogP contribution in [0.2, 0.25) is 5.02 Å². The number of carbonyl (C=O) groups is 1. The van der Waals surface area contributed by atoms with Crippen molar-refractivity contribution in [1.29, 1.82) is 5.41 Å². The zero-order valence-corrected chi connectivity index (χ0v) is 12.1. The van der Waals surface area contributed by atoms with Crippen LogP contribution >= 0.6 is 23.2 Å². The molecule has 1 unspecified atom stereocenters. The maximum atomic E-state index is 13.7. The van der Waals surface area contributed by atoms with Gasteiger partial charge in [-0.25, -0.2) is 8.78 Å². The summed E-state index contributed by atoms with van der Waals surface area (Å²) in [5.74, 6) is -3.64. The van der Waals surface area contributed by atoms with E-state index in [-0.39, 0.29) is 5.56 Å². The molecule has 108 valence electrons. The van der Waals surface area contributed by atoms with Crippen LogP contribution < -0.4 is 0 Å². The van der Waals surface area contributed by atoms with Crippen molar-refractivity contribution in [2.24, 2.45) is 0 Å². The zero-order chi connectivity index (χ0) is 15.6. The van der Waals surface area contributed by atoms with Crippen LogP contribution in [0.4, 0.5) is 8.78 Å². The first kappa shape index (κ1) is 15.6. The fourth-order valence-electron chi connectivity index (χ4n) is 1.91. The highest BCUT2D eigenvalue weighted by atomic mass is 35.5. The van der Waals surface area contributed by atoms with Crippen molar-refractivity contribution >= 4 is 34.2 Å². The van der Waals surface area contributed by atoms with Gasteiger partial charge in [0.15, 0.2) is 5.78 Å². The number of carbonyl (C=O) groups excluding carboxylic acids is 1. The van der Waals surface area contributed by atoms with Gasteiger partial charge in [0.1, 0.15) is 16.8 Å². The minimum atomic E-state index is -1.15. The Morgan fingerprint density at radius 1 is 1.10 bits per heavy atom. The molecular weight excluding hydrogens is 319 g/mol. The summed E-state index contributed by atoms with van der Waals surface area (Å²) >= 11 is 11.4. The summed E-state index contributed by atoms with van der Waals surface area (Å²) in [6.07, 6.45) is 0. The van der Waals surface area contributed by atoms with Crippen LogP contribution in [0.25, 0.3) is 0 Å². The molecule has 0 bridgehead atoms. The molecule has 0 aliphatic carbocycles. The van der Waals surface area contributed by atoms with Gasteiger partial charge >= 0.3 is 0 Å². The lowest BCUT2D eigenvalue weighted by Gasteiger charge is -2.14. The van der Waals surface area contributed by atoms with E-state index in [1.54, 1.807) is 0 Å². The summed E-state index contributed by atoms with van der Waals surface area (Å²) in [6.45, 7) is 0. The maximum Gasteiger partial charge on any atom is 0.180 e. The molecule has 0 amide bonds. The second-order valence-electron chi connectivity index (χ2n) is 4.32. The Balaban J connectivity index is 2.45. The third-order valence-corrected chi connectivity index (χ3v) is 3.39. The summed E-state index contributed by atoms with van der Waals surface area (Å²) in [6, 6.07) is 8.77.